The second-order valence-corrected chi connectivity index (χ2v) is 7.79. The molecule has 7 nitrogen and oxygen atoms in total. The molecule has 0 aliphatic carbocycles. The lowest BCUT2D eigenvalue weighted by Crippen LogP contribution is -2.37. The van der Waals surface area contributed by atoms with Crippen molar-refractivity contribution in [2.24, 2.45) is 0 Å². The Morgan fingerprint density at radius 1 is 1.19 bits per heavy atom. The number of rotatable bonds is 4. The van der Waals surface area contributed by atoms with E-state index >= 15 is 0 Å². The molecule has 0 radical (unpaired) electrons. The van der Waals surface area contributed by atoms with Crippen LogP contribution in [0.1, 0.15) is 28.0 Å². The number of halogens is 1. The average Bonchev–Trinajstić information content (AvgIpc) is 3.27. The third-order valence-electron chi connectivity index (χ3n) is 5.63. The Bertz CT molecular complexity index is 1110. The number of anilines is 1. The quantitative estimate of drug-likeness (QED) is 0.701. The summed E-state index contributed by atoms with van der Waals surface area (Å²) in [5, 5.41) is 3.07. The van der Waals surface area contributed by atoms with Crippen LogP contribution in [0.25, 0.3) is 11.3 Å². The van der Waals surface area contributed by atoms with E-state index in [1.165, 1.54) is 18.3 Å². The zero-order chi connectivity index (χ0) is 21.2. The minimum atomic E-state index is -0.317. The summed E-state index contributed by atoms with van der Waals surface area (Å²) in [7, 11) is 0. The maximum Gasteiger partial charge on any atom is 0.253 e. The van der Waals surface area contributed by atoms with Crippen molar-refractivity contribution < 1.29 is 13.9 Å². The topological polar surface area (TPSA) is 80.2 Å². The van der Waals surface area contributed by atoms with E-state index in [1.807, 2.05) is 6.20 Å². The molecule has 1 N–H and O–H groups in total. The lowest BCUT2D eigenvalue weighted by molar-refractivity contribution is 0.0940. The van der Waals surface area contributed by atoms with Gasteiger partial charge in [-0.2, -0.15) is 0 Å². The van der Waals surface area contributed by atoms with Crippen LogP contribution in [0, 0.1) is 5.82 Å². The number of amides is 1. The third kappa shape index (κ3) is 4.25. The molecule has 5 rings (SSSR count). The Hall–Kier alpha value is -3.39. The summed E-state index contributed by atoms with van der Waals surface area (Å²) in [5.74, 6) is 0.218. The van der Waals surface area contributed by atoms with E-state index in [2.05, 4.69) is 20.2 Å². The van der Waals surface area contributed by atoms with E-state index in [1.54, 1.807) is 24.3 Å². The molecule has 0 saturated carbocycles. The number of ether oxygens (including phenoxy) is 1. The third-order valence-corrected chi connectivity index (χ3v) is 5.63. The normalized spacial score (nSPS) is 18.0. The molecule has 2 aromatic heterocycles. The number of pyridine rings is 1. The summed E-state index contributed by atoms with van der Waals surface area (Å²) >= 11 is 0. The molecular formula is C23H22FN5O2. The number of carbonyl (C=O) groups is 1. The van der Waals surface area contributed by atoms with Crippen LogP contribution < -0.4 is 10.2 Å². The SMILES string of the molecule is O=C(NC1CCN(c2ncc3c(n2)CCOC3)C1)c1ccc(-c2cccc(F)c2)nc1. The van der Waals surface area contributed by atoms with Gasteiger partial charge in [0.2, 0.25) is 5.95 Å². The summed E-state index contributed by atoms with van der Waals surface area (Å²) < 4.78 is 18.9. The second-order valence-electron chi connectivity index (χ2n) is 7.79. The van der Waals surface area contributed by atoms with E-state index in [-0.39, 0.29) is 17.8 Å². The highest BCUT2D eigenvalue weighted by molar-refractivity contribution is 5.94. The molecule has 1 atom stereocenters. The number of nitrogens with zero attached hydrogens (tertiary/aromatic N) is 4. The van der Waals surface area contributed by atoms with Crippen molar-refractivity contribution in [1.29, 1.82) is 0 Å². The fourth-order valence-electron chi connectivity index (χ4n) is 3.95. The highest BCUT2D eigenvalue weighted by atomic mass is 19.1. The molecule has 8 heteroatoms. The molecular weight excluding hydrogens is 397 g/mol. The summed E-state index contributed by atoms with van der Waals surface area (Å²) in [4.78, 5) is 28.3. The highest BCUT2D eigenvalue weighted by Gasteiger charge is 2.27. The van der Waals surface area contributed by atoms with Crippen molar-refractivity contribution in [2.75, 3.05) is 24.6 Å². The van der Waals surface area contributed by atoms with Gasteiger partial charge in [-0.3, -0.25) is 9.78 Å². The lowest BCUT2D eigenvalue weighted by Gasteiger charge is -2.20. The van der Waals surface area contributed by atoms with E-state index in [9.17, 15) is 9.18 Å². The summed E-state index contributed by atoms with van der Waals surface area (Å²) in [6.45, 7) is 2.71. The number of aromatic nitrogens is 3. The van der Waals surface area contributed by atoms with Gasteiger partial charge in [0.05, 0.1) is 30.2 Å². The number of benzene rings is 1. The molecule has 0 bridgehead atoms. The van der Waals surface area contributed by atoms with Gasteiger partial charge in [-0.1, -0.05) is 12.1 Å². The van der Waals surface area contributed by atoms with Gasteiger partial charge in [-0.15, -0.1) is 0 Å². The van der Waals surface area contributed by atoms with Crippen molar-refractivity contribution in [3.8, 4) is 11.3 Å². The maximum absolute atomic E-state index is 13.4. The molecule has 1 fully saturated rings. The maximum atomic E-state index is 13.4. The van der Waals surface area contributed by atoms with Gasteiger partial charge in [0.25, 0.3) is 5.91 Å². The van der Waals surface area contributed by atoms with Crippen LogP contribution in [0.5, 0.6) is 0 Å². The minimum Gasteiger partial charge on any atom is -0.376 e. The molecule has 2 aliphatic heterocycles. The first-order valence-corrected chi connectivity index (χ1v) is 10.4. The summed E-state index contributed by atoms with van der Waals surface area (Å²) in [5.41, 5.74) is 3.87. The molecule has 31 heavy (non-hydrogen) atoms. The fraction of sp³-hybridized carbons (Fsp3) is 0.304. The van der Waals surface area contributed by atoms with Crippen LogP contribution in [0.3, 0.4) is 0 Å². The van der Waals surface area contributed by atoms with Crippen molar-refractivity contribution in [3.05, 3.63) is 71.4 Å². The number of carbonyl (C=O) groups excluding carboxylic acids is 1. The monoisotopic (exact) mass is 419 g/mol. The number of hydrogen-bond donors (Lipinski definition) is 1. The van der Waals surface area contributed by atoms with Gasteiger partial charge in [0.1, 0.15) is 5.82 Å². The molecule has 1 saturated heterocycles. The molecule has 2 aliphatic rings. The first-order chi connectivity index (χ1) is 15.2. The summed E-state index contributed by atoms with van der Waals surface area (Å²) in [6, 6.07) is 9.69. The van der Waals surface area contributed by atoms with E-state index in [0.29, 0.717) is 42.5 Å². The van der Waals surface area contributed by atoms with Gasteiger partial charge in [0.15, 0.2) is 0 Å². The van der Waals surface area contributed by atoms with Gasteiger partial charge >= 0.3 is 0 Å². The number of hydrogen-bond acceptors (Lipinski definition) is 6. The van der Waals surface area contributed by atoms with Crippen molar-refractivity contribution in [2.45, 2.75) is 25.5 Å². The first kappa shape index (κ1) is 19.6. The van der Waals surface area contributed by atoms with Crippen LogP contribution in [0.4, 0.5) is 10.3 Å². The smallest absolute Gasteiger partial charge is 0.253 e. The summed E-state index contributed by atoms with van der Waals surface area (Å²) in [6.07, 6.45) is 4.99. The zero-order valence-corrected chi connectivity index (χ0v) is 16.9. The van der Waals surface area contributed by atoms with Crippen LogP contribution >= 0.6 is 0 Å². The first-order valence-electron chi connectivity index (χ1n) is 10.4. The Labute approximate surface area is 179 Å². The van der Waals surface area contributed by atoms with E-state index in [4.69, 9.17) is 9.72 Å². The molecule has 1 aromatic carbocycles. The highest BCUT2D eigenvalue weighted by Crippen LogP contribution is 2.21. The van der Waals surface area contributed by atoms with Crippen molar-refractivity contribution >= 4 is 11.9 Å². The molecule has 0 spiro atoms. The number of nitrogens with one attached hydrogen (secondary N) is 1. The standard InChI is InChI=1S/C23H22FN5O2/c24-18-3-1-2-15(10-18)20-5-4-16(11-25-20)22(30)27-19-6-8-29(13-19)23-26-12-17-14-31-9-7-21(17)28-23/h1-5,10-12,19H,6-9,13-14H2,(H,27,30). The minimum absolute atomic E-state index is 0.0124. The van der Waals surface area contributed by atoms with Crippen molar-refractivity contribution in [3.63, 3.8) is 0 Å². The van der Waals surface area contributed by atoms with Gasteiger partial charge in [-0.05, 0) is 30.7 Å². The van der Waals surface area contributed by atoms with Crippen LogP contribution in [-0.2, 0) is 17.8 Å². The Kier molecular flexibility index (Phi) is 5.30. The van der Waals surface area contributed by atoms with Crippen LogP contribution in [0.2, 0.25) is 0 Å². The van der Waals surface area contributed by atoms with Crippen LogP contribution in [-0.4, -0.2) is 46.6 Å². The Morgan fingerprint density at radius 2 is 2.13 bits per heavy atom. The predicted octanol–water partition coefficient (Wildman–Crippen LogP) is 2.76. The average molecular weight is 419 g/mol. The molecule has 1 amide bonds. The Balaban J connectivity index is 1.21. The second kappa shape index (κ2) is 8.39. The van der Waals surface area contributed by atoms with E-state index in [0.717, 1.165) is 30.6 Å². The molecule has 1 unspecified atom stereocenters. The molecule has 158 valence electrons. The Morgan fingerprint density at radius 3 is 2.97 bits per heavy atom. The predicted molar refractivity (Wildman–Crippen MR) is 113 cm³/mol. The largest absolute Gasteiger partial charge is 0.376 e. The van der Waals surface area contributed by atoms with Gasteiger partial charge in [-0.25, -0.2) is 14.4 Å². The zero-order valence-electron chi connectivity index (χ0n) is 16.9. The lowest BCUT2D eigenvalue weighted by atomic mass is 10.1. The molecule has 4 heterocycles. The van der Waals surface area contributed by atoms with Crippen LogP contribution in [0.15, 0.2) is 48.8 Å². The van der Waals surface area contributed by atoms with Crippen molar-refractivity contribution in [1.82, 2.24) is 20.3 Å². The fourth-order valence-corrected chi connectivity index (χ4v) is 3.95. The molecule has 3 aromatic rings. The van der Waals surface area contributed by atoms with Gasteiger partial charge in [0, 0.05) is 49.1 Å². The van der Waals surface area contributed by atoms with Gasteiger partial charge < -0.3 is 15.0 Å². The number of fused-ring (bicyclic) bond motifs is 1. The van der Waals surface area contributed by atoms with E-state index < -0.39 is 0 Å².